The molecule has 0 spiro atoms. The van der Waals surface area contributed by atoms with Gasteiger partial charge in [0, 0.05) is 29.1 Å². The maximum atomic E-state index is 12.0. The van der Waals surface area contributed by atoms with E-state index in [4.69, 9.17) is 16.0 Å². The molecule has 26 heavy (non-hydrogen) atoms. The molecular formula is C22H18ClNO2. The molecule has 4 aromatic rings. The molecule has 0 bridgehead atoms. The Bertz CT molecular complexity index is 1150. The minimum absolute atomic E-state index is 0.103. The van der Waals surface area contributed by atoms with E-state index in [0.717, 1.165) is 27.3 Å². The molecule has 1 atom stereocenters. The highest BCUT2D eigenvalue weighted by Gasteiger charge is 2.11. The maximum Gasteiger partial charge on any atom is 0.336 e. The Morgan fingerprint density at radius 2 is 1.88 bits per heavy atom. The van der Waals surface area contributed by atoms with E-state index in [1.165, 1.54) is 0 Å². The molecule has 0 aliphatic rings. The molecule has 4 heteroatoms. The van der Waals surface area contributed by atoms with Crippen LogP contribution < -0.4 is 10.9 Å². The van der Waals surface area contributed by atoms with Crippen molar-refractivity contribution in [3.05, 3.63) is 93.3 Å². The molecule has 4 rings (SSSR count). The average Bonchev–Trinajstić information content (AvgIpc) is 2.65. The van der Waals surface area contributed by atoms with Gasteiger partial charge in [-0.1, -0.05) is 54.1 Å². The van der Waals surface area contributed by atoms with Crippen molar-refractivity contribution in [2.24, 2.45) is 0 Å². The minimum atomic E-state index is -0.333. The van der Waals surface area contributed by atoms with Crippen LogP contribution in [-0.2, 0) is 6.54 Å². The lowest BCUT2D eigenvalue weighted by Crippen LogP contribution is -2.19. The van der Waals surface area contributed by atoms with Crippen LogP contribution in [0.3, 0.4) is 0 Å². The molecule has 1 heterocycles. The fraction of sp³-hybridized carbons (Fsp3) is 0.136. The monoisotopic (exact) mass is 363 g/mol. The SMILES string of the molecule is CC(NCc1cc(=O)oc2ccc3ccccc3c12)c1cccc(Cl)c1. The molecule has 0 amide bonds. The van der Waals surface area contributed by atoms with Crippen LogP contribution in [0.4, 0.5) is 0 Å². The number of benzene rings is 3. The van der Waals surface area contributed by atoms with Crippen LogP contribution in [0.1, 0.15) is 24.1 Å². The Kier molecular flexibility index (Phi) is 4.49. The van der Waals surface area contributed by atoms with Gasteiger partial charge in [-0.05, 0) is 47.0 Å². The summed E-state index contributed by atoms with van der Waals surface area (Å²) in [5.74, 6) is 0. The summed E-state index contributed by atoms with van der Waals surface area (Å²) in [7, 11) is 0. The van der Waals surface area contributed by atoms with Crippen LogP contribution in [0.25, 0.3) is 21.7 Å². The van der Waals surface area contributed by atoms with Crippen molar-refractivity contribution in [3.63, 3.8) is 0 Å². The quantitative estimate of drug-likeness (QED) is 0.387. The first-order valence-corrected chi connectivity index (χ1v) is 8.93. The van der Waals surface area contributed by atoms with Gasteiger partial charge < -0.3 is 9.73 Å². The van der Waals surface area contributed by atoms with Gasteiger partial charge >= 0.3 is 5.63 Å². The third-order valence-electron chi connectivity index (χ3n) is 4.66. The van der Waals surface area contributed by atoms with E-state index in [0.29, 0.717) is 17.2 Å². The molecule has 1 aromatic heterocycles. The Labute approximate surface area is 156 Å². The van der Waals surface area contributed by atoms with Gasteiger partial charge in [-0.3, -0.25) is 0 Å². The summed E-state index contributed by atoms with van der Waals surface area (Å²) in [5, 5.41) is 7.39. The van der Waals surface area contributed by atoms with Gasteiger partial charge in [0.25, 0.3) is 0 Å². The van der Waals surface area contributed by atoms with Gasteiger partial charge in [-0.15, -0.1) is 0 Å². The maximum absolute atomic E-state index is 12.0. The van der Waals surface area contributed by atoms with Gasteiger partial charge in [0.1, 0.15) is 5.58 Å². The van der Waals surface area contributed by atoms with E-state index in [-0.39, 0.29) is 11.7 Å². The van der Waals surface area contributed by atoms with Crippen LogP contribution in [0.2, 0.25) is 5.02 Å². The number of rotatable bonds is 4. The number of halogens is 1. The lowest BCUT2D eigenvalue weighted by Gasteiger charge is -2.16. The second-order valence-electron chi connectivity index (χ2n) is 6.41. The molecule has 0 fully saturated rings. The van der Waals surface area contributed by atoms with Crippen LogP contribution in [0.15, 0.2) is 75.9 Å². The number of nitrogens with one attached hydrogen (secondary N) is 1. The molecule has 1 N–H and O–H groups in total. The van der Waals surface area contributed by atoms with E-state index in [1.807, 2.05) is 48.5 Å². The van der Waals surface area contributed by atoms with Crippen LogP contribution in [-0.4, -0.2) is 0 Å². The predicted molar refractivity (Wildman–Crippen MR) is 107 cm³/mol. The standard InChI is InChI=1S/C22H18ClNO2/c1-14(16-6-4-7-18(23)11-16)24-13-17-12-21(25)26-20-10-9-15-5-2-3-8-19(15)22(17)20/h2-12,14,24H,13H2,1H3. The van der Waals surface area contributed by atoms with E-state index in [9.17, 15) is 4.79 Å². The van der Waals surface area contributed by atoms with Gasteiger partial charge in [-0.25, -0.2) is 4.79 Å². The predicted octanol–water partition coefficient (Wildman–Crippen LogP) is 5.45. The molecule has 0 saturated heterocycles. The van der Waals surface area contributed by atoms with Gasteiger partial charge in [0.05, 0.1) is 0 Å². The molecule has 3 aromatic carbocycles. The lowest BCUT2D eigenvalue weighted by molar-refractivity contribution is 0.548. The summed E-state index contributed by atoms with van der Waals surface area (Å²) in [6.45, 7) is 2.64. The summed E-state index contributed by atoms with van der Waals surface area (Å²) in [6, 6.07) is 21.4. The molecule has 0 aliphatic carbocycles. The Hall–Kier alpha value is -2.62. The number of hydrogen-bond donors (Lipinski definition) is 1. The third-order valence-corrected chi connectivity index (χ3v) is 4.90. The Morgan fingerprint density at radius 1 is 1.04 bits per heavy atom. The van der Waals surface area contributed by atoms with Crippen LogP contribution in [0.5, 0.6) is 0 Å². The first-order chi connectivity index (χ1) is 12.6. The normalized spacial score (nSPS) is 12.5. The fourth-order valence-corrected chi connectivity index (χ4v) is 3.52. The molecule has 0 radical (unpaired) electrons. The van der Waals surface area contributed by atoms with Crippen molar-refractivity contribution in [1.29, 1.82) is 0 Å². The Balaban J connectivity index is 1.74. The van der Waals surface area contributed by atoms with E-state index >= 15 is 0 Å². The average molecular weight is 364 g/mol. The third kappa shape index (κ3) is 3.24. The molecule has 1 unspecified atom stereocenters. The number of hydrogen-bond acceptors (Lipinski definition) is 3. The first kappa shape index (κ1) is 16.8. The van der Waals surface area contributed by atoms with Crippen molar-refractivity contribution in [3.8, 4) is 0 Å². The van der Waals surface area contributed by atoms with Crippen molar-refractivity contribution < 1.29 is 4.42 Å². The summed E-state index contributed by atoms with van der Waals surface area (Å²) in [4.78, 5) is 12.0. The van der Waals surface area contributed by atoms with Gasteiger partial charge in [0.15, 0.2) is 0 Å². The summed E-state index contributed by atoms with van der Waals surface area (Å²) < 4.78 is 5.42. The largest absolute Gasteiger partial charge is 0.423 e. The highest BCUT2D eigenvalue weighted by atomic mass is 35.5. The van der Waals surface area contributed by atoms with Crippen molar-refractivity contribution in [1.82, 2.24) is 5.32 Å². The zero-order valence-electron chi connectivity index (χ0n) is 14.3. The van der Waals surface area contributed by atoms with Crippen molar-refractivity contribution in [2.75, 3.05) is 0 Å². The van der Waals surface area contributed by atoms with E-state index < -0.39 is 0 Å². The summed E-state index contributed by atoms with van der Waals surface area (Å²) >= 11 is 6.09. The lowest BCUT2D eigenvalue weighted by atomic mass is 10.0. The fourth-order valence-electron chi connectivity index (χ4n) is 3.32. The molecule has 130 valence electrons. The van der Waals surface area contributed by atoms with Crippen molar-refractivity contribution >= 4 is 33.3 Å². The topological polar surface area (TPSA) is 42.2 Å². The van der Waals surface area contributed by atoms with Gasteiger partial charge in [-0.2, -0.15) is 0 Å². The first-order valence-electron chi connectivity index (χ1n) is 8.55. The highest BCUT2D eigenvalue weighted by Crippen LogP contribution is 2.28. The Morgan fingerprint density at radius 3 is 2.73 bits per heavy atom. The number of fused-ring (bicyclic) bond motifs is 3. The second-order valence-corrected chi connectivity index (χ2v) is 6.84. The van der Waals surface area contributed by atoms with E-state index in [1.54, 1.807) is 6.07 Å². The second kappa shape index (κ2) is 6.94. The van der Waals surface area contributed by atoms with E-state index in [2.05, 4.69) is 24.4 Å². The minimum Gasteiger partial charge on any atom is -0.423 e. The molecule has 0 saturated carbocycles. The van der Waals surface area contributed by atoms with Gasteiger partial charge in [0.2, 0.25) is 0 Å². The van der Waals surface area contributed by atoms with Crippen LogP contribution >= 0.6 is 11.6 Å². The zero-order chi connectivity index (χ0) is 18.1. The van der Waals surface area contributed by atoms with Crippen LogP contribution in [0, 0.1) is 0 Å². The molecule has 0 aliphatic heterocycles. The van der Waals surface area contributed by atoms with Crippen molar-refractivity contribution in [2.45, 2.75) is 19.5 Å². The molecular weight excluding hydrogens is 346 g/mol. The highest BCUT2D eigenvalue weighted by molar-refractivity contribution is 6.30. The molecule has 3 nitrogen and oxygen atoms in total. The summed E-state index contributed by atoms with van der Waals surface area (Å²) in [5.41, 5.74) is 2.32. The summed E-state index contributed by atoms with van der Waals surface area (Å²) in [6.07, 6.45) is 0. The zero-order valence-corrected chi connectivity index (χ0v) is 15.1. The smallest absolute Gasteiger partial charge is 0.336 e.